The molecular formula is C7H4F3N5. The van der Waals surface area contributed by atoms with Crippen molar-refractivity contribution in [2.75, 3.05) is 0 Å². The van der Waals surface area contributed by atoms with Gasteiger partial charge in [-0.3, -0.25) is 0 Å². The van der Waals surface area contributed by atoms with Crippen molar-refractivity contribution in [2.45, 2.75) is 6.18 Å². The fourth-order valence-electron chi connectivity index (χ4n) is 0.928. The predicted molar refractivity (Wildman–Crippen MR) is 42.0 cm³/mol. The van der Waals surface area contributed by atoms with Crippen molar-refractivity contribution in [3.8, 4) is 5.95 Å². The van der Waals surface area contributed by atoms with Crippen molar-refractivity contribution < 1.29 is 13.2 Å². The second-order valence-corrected chi connectivity index (χ2v) is 2.58. The molecule has 0 aliphatic heterocycles. The van der Waals surface area contributed by atoms with Gasteiger partial charge in [0.2, 0.25) is 0 Å². The smallest absolute Gasteiger partial charge is 0.223 e. The maximum Gasteiger partial charge on any atom is 0.433 e. The number of alkyl halides is 3. The normalized spacial score (nSPS) is 11.7. The Balaban J connectivity index is 2.44. The van der Waals surface area contributed by atoms with Gasteiger partial charge in [-0.15, -0.1) is 0 Å². The summed E-state index contributed by atoms with van der Waals surface area (Å²) in [7, 11) is 0. The summed E-state index contributed by atoms with van der Waals surface area (Å²) >= 11 is 0. The monoisotopic (exact) mass is 215 g/mol. The van der Waals surface area contributed by atoms with Gasteiger partial charge in [0.1, 0.15) is 18.3 Å². The molecule has 2 heterocycles. The Kier molecular flexibility index (Phi) is 2.10. The number of hydrogen-bond acceptors (Lipinski definition) is 4. The molecule has 0 spiro atoms. The Morgan fingerprint density at radius 1 is 1.27 bits per heavy atom. The molecule has 8 heteroatoms. The SMILES string of the molecule is FC(F)(F)c1ccnc(-n2cncn2)n1. The van der Waals surface area contributed by atoms with Crippen LogP contribution in [0.3, 0.4) is 0 Å². The van der Waals surface area contributed by atoms with Gasteiger partial charge in [-0.25, -0.2) is 15.0 Å². The summed E-state index contributed by atoms with van der Waals surface area (Å²) in [4.78, 5) is 10.5. The quantitative estimate of drug-likeness (QED) is 0.714. The first-order chi connectivity index (χ1) is 7.07. The third-order valence-corrected chi connectivity index (χ3v) is 1.56. The van der Waals surface area contributed by atoms with Crippen LogP contribution >= 0.6 is 0 Å². The Hall–Kier alpha value is -1.99. The summed E-state index contributed by atoms with van der Waals surface area (Å²) in [6.07, 6.45) is -1.07. The molecule has 2 aromatic rings. The number of hydrogen-bond donors (Lipinski definition) is 0. The van der Waals surface area contributed by atoms with Crippen molar-refractivity contribution in [3.63, 3.8) is 0 Å². The molecule has 0 bridgehead atoms. The summed E-state index contributed by atoms with van der Waals surface area (Å²) in [6, 6.07) is 0.792. The zero-order chi connectivity index (χ0) is 10.9. The first-order valence-corrected chi connectivity index (χ1v) is 3.82. The van der Waals surface area contributed by atoms with Crippen molar-refractivity contribution >= 4 is 0 Å². The largest absolute Gasteiger partial charge is 0.433 e. The van der Waals surface area contributed by atoms with Gasteiger partial charge in [0.15, 0.2) is 0 Å². The van der Waals surface area contributed by atoms with E-state index in [-0.39, 0.29) is 5.95 Å². The van der Waals surface area contributed by atoms with E-state index in [2.05, 4.69) is 20.1 Å². The molecule has 0 aliphatic rings. The van der Waals surface area contributed by atoms with E-state index in [0.29, 0.717) is 0 Å². The molecule has 0 aliphatic carbocycles. The van der Waals surface area contributed by atoms with Gasteiger partial charge in [-0.05, 0) is 6.07 Å². The summed E-state index contributed by atoms with van der Waals surface area (Å²) in [5, 5.41) is 3.62. The zero-order valence-corrected chi connectivity index (χ0v) is 7.18. The van der Waals surface area contributed by atoms with Crippen LogP contribution in [0.4, 0.5) is 13.2 Å². The number of rotatable bonds is 1. The third-order valence-electron chi connectivity index (χ3n) is 1.56. The topological polar surface area (TPSA) is 56.5 Å². The summed E-state index contributed by atoms with van der Waals surface area (Å²) in [6.45, 7) is 0. The van der Waals surface area contributed by atoms with Crippen LogP contribution in [0.2, 0.25) is 0 Å². The number of nitrogens with zero attached hydrogens (tertiary/aromatic N) is 5. The molecule has 0 radical (unpaired) electrons. The molecule has 15 heavy (non-hydrogen) atoms. The van der Waals surface area contributed by atoms with Crippen LogP contribution in [0, 0.1) is 0 Å². The van der Waals surface area contributed by atoms with Crippen LogP contribution in [-0.2, 0) is 6.18 Å². The average Bonchev–Trinajstić information content (AvgIpc) is 2.69. The summed E-state index contributed by atoms with van der Waals surface area (Å²) in [5.74, 6) is -0.165. The van der Waals surface area contributed by atoms with Gasteiger partial charge < -0.3 is 0 Å². The van der Waals surface area contributed by atoms with Crippen LogP contribution in [0.5, 0.6) is 0 Å². The molecule has 2 rings (SSSR count). The molecular weight excluding hydrogens is 211 g/mol. The zero-order valence-electron chi connectivity index (χ0n) is 7.18. The third kappa shape index (κ3) is 1.92. The Morgan fingerprint density at radius 3 is 2.67 bits per heavy atom. The van der Waals surface area contributed by atoms with Gasteiger partial charge in [-0.2, -0.15) is 23.0 Å². The van der Waals surface area contributed by atoms with Crippen LogP contribution < -0.4 is 0 Å². The fraction of sp³-hybridized carbons (Fsp3) is 0.143. The minimum absolute atomic E-state index is 0.165. The van der Waals surface area contributed by atoms with Crippen LogP contribution in [-0.4, -0.2) is 24.7 Å². The van der Waals surface area contributed by atoms with Gasteiger partial charge in [-0.1, -0.05) is 0 Å². The molecule has 5 nitrogen and oxygen atoms in total. The lowest BCUT2D eigenvalue weighted by molar-refractivity contribution is -0.141. The molecule has 0 saturated heterocycles. The predicted octanol–water partition coefficient (Wildman–Crippen LogP) is 1.08. The van der Waals surface area contributed by atoms with E-state index in [1.54, 1.807) is 0 Å². The van der Waals surface area contributed by atoms with Crippen molar-refractivity contribution in [1.82, 2.24) is 24.7 Å². The van der Waals surface area contributed by atoms with Gasteiger partial charge >= 0.3 is 6.18 Å². The molecule has 0 amide bonds. The van der Waals surface area contributed by atoms with E-state index in [0.717, 1.165) is 16.9 Å². The first kappa shape index (κ1) is 9.56. The molecule has 78 valence electrons. The maximum absolute atomic E-state index is 12.3. The van der Waals surface area contributed by atoms with Crippen LogP contribution in [0.1, 0.15) is 5.69 Å². The maximum atomic E-state index is 12.3. The molecule has 0 saturated carbocycles. The standard InChI is InChI=1S/C7H4F3N5/c8-7(9,10)5-1-2-12-6(14-5)15-4-11-3-13-15/h1-4H. The molecule has 0 N–H and O–H groups in total. The highest BCUT2D eigenvalue weighted by Crippen LogP contribution is 2.27. The van der Waals surface area contributed by atoms with E-state index < -0.39 is 11.9 Å². The van der Waals surface area contributed by atoms with Crippen molar-refractivity contribution in [2.24, 2.45) is 0 Å². The summed E-state index contributed by atoms with van der Waals surface area (Å²) < 4.78 is 37.9. The fourth-order valence-corrected chi connectivity index (χ4v) is 0.928. The van der Waals surface area contributed by atoms with E-state index >= 15 is 0 Å². The van der Waals surface area contributed by atoms with Gasteiger partial charge in [0, 0.05) is 6.20 Å². The Labute approximate surface area is 81.6 Å². The van der Waals surface area contributed by atoms with E-state index in [1.807, 2.05) is 0 Å². The highest BCUT2D eigenvalue weighted by Gasteiger charge is 2.32. The number of halogens is 3. The lowest BCUT2D eigenvalue weighted by atomic mass is 10.4. The van der Waals surface area contributed by atoms with Gasteiger partial charge in [0.25, 0.3) is 5.95 Å². The molecule has 0 atom stereocenters. The Bertz CT molecular complexity index is 450. The minimum Gasteiger partial charge on any atom is -0.223 e. The van der Waals surface area contributed by atoms with E-state index in [9.17, 15) is 13.2 Å². The minimum atomic E-state index is -4.49. The van der Waals surface area contributed by atoms with E-state index in [4.69, 9.17) is 0 Å². The Morgan fingerprint density at radius 2 is 2.07 bits per heavy atom. The van der Waals surface area contributed by atoms with E-state index in [1.165, 1.54) is 12.7 Å². The highest BCUT2D eigenvalue weighted by molar-refractivity contribution is 5.13. The molecule has 0 aromatic carbocycles. The summed E-state index contributed by atoms with van der Waals surface area (Å²) in [5.41, 5.74) is -1.01. The van der Waals surface area contributed by atoms with Crippen LogP contribution in [0.15, 0.2) is 24.9 Å². The molecule has 2 aromatic heterocycles. The second kappa shape index (κ2) is 3.30. The lowest BCUT2D eigenvalue weighted by Gasteiger charge is -2.05. The molecule has 0 fully saturated rings. The lowest BCUT2D eigenvalue weighted by Crippen LogP contribution is -2.11. The average molecular weight is 215 g/mol. The van der Waals surface area contributed by atoms with Gasteiger partial charge in [0.05, 0.1) is 0 Å². The van der Waals surface area contributed by atoms with Crippen molar-refractivity contribution in [1.29, 1.82) is 0 Å². The second-order valence-electron chi connectivity index (χ2n) is 2.58. The van der Waals surface area contributed by atoms with Crippen LogP contribution in [0.25, 0.3) is 5.95 Å². The first-order valence-electron chi connectivity index (χ1n) is 3.82. The number of aromatic nitrogens is 5. The van der Waals surface area contributed by atoms with Crippen molar-refractivity contribution in [3.05, 3.63) is 30.6 Å². The highest BCUT2D eigenvalue weighted by atomic mass is 19.4. The molecule has 0 unspecified atom stereocenters.